The molecule has 1 aliphatic rings. The summed E-state index contributed by atoms with van der Waals surface area (Å²) in [5, 5.41) is 11.8. The number of esters is 1. The number of nitrogens with one attached hydrogen (secondary N) is 1. The SMILES string of the molecule is CCN(C(=O)N[C@@H](CO)C(=O)OC)c1ccc(C(F)(F)F)cc1CN(Cc1cc(C(F)(F)F)cc(C(F)(F)F)c1)c1ncc(N2CCOCC2)cn1. The first-order valence-electron chi connectivity index (χ1n) is 15.5. The van der Waals surface area contributed by atoms with Gasteiger partial charge in [-0.25, -0.2) is 19.6 Å². The second kappa shape index (κ2) is 16.2. The lowest BCUT2D eigenvalue weighted by Gasteiger charge is -2.30. The Morgan fingerprint density at radius 1 is 0.904 bits per heavy atom. The Balaban J connectivity index is 1.85. The van der Waals surface area contributed by atoms with Crippen molar-refractivity contribution in [3.8, 4) is 0 Å². The number of carbonyl (C=O) groups excluding carboxylic acids is 2. The highest BCUT2D eigenvalue weighted by atomic mass is 19.4. The Bertz CT molecular complexity index is 1670. The zero-order valence-corrected chi connectivity index (χ0v) is 27.6. The van der Waals surface area contributed by atoms with Crippen molar-refractivity contribution in [3.05, 3.63) is 76.6 Å². The minimum Gasteiger partial charge on any atom is -0.467 e. The second-order valence-electron chi connectivity index (χ2n) is 11.4. The minimum atomic E-state index is -5.18. The molecule has 52 heavy (non-hydrogen) atoms. The molecule has 20 heteroatoms. The summed E-state index contributed by atoms with van der Waals surface area (Å²) in [6, 6.07) is 0.575. The van der Waals surface area contributed by atoms with E-state index in [0.29, 0.717) is 56.3 Å². The van der Waals surface area contributed by atoms with Crippen molar-refractivity contribution in [2.75, 3.05) is 61.3 Å². The number of aliphatic hydroxyl groups is 1. The third-order valence-electron chi connectivity index (χ3n) is 7.89. The van der Waals surface area contributed by atoms with Crippen LogP contribution in [-0.2, 0) is 45.9 Å². The number of amides is 2. The number of carbonyl (C=O) groups is 2. The largest absolute Gasteiger partial charge is 0.467 e. The molecule has 2 amide bonds. The maximum absolute atomic E-state index is 14.0. The molecule has 0 aliphatic carbocycles. The van der Waals surface area contributed by atoms with Crippen LogP contribution in [0.1, 0.15) is 34.7 Å². The maximum Gasteiger partial charge on any atom is 0.416 e. The van der Waals surface area contributed by atoms with E-state index >= 15 is 0 Å². The molecule has 1 fully saturated rings. The van der Waals surface area contributed by atoms with E-state index in [1.807, 2.05) is 4.90 Å². The van der Waals surface area contributed by atoms with Gasteiger partial charge in [0, 0.05) is 32.7 Å². The fourth-order valence-corrected chi connectivity index (χ4v) is 5.32. The summed E-state index contributed by atoms with van der Waals surface area (Å²) in [6.07, 6.45) is -12.6. The quantitative estimate of drug-likeness (QED) is 0.189. The van der Waals surface area contributed by atoms with Crippen LogP contribution in [0, 0.1) is 0 Å². The fourth-order valence-electron chi connectivity index (χ4n) is 5.32. The van der Waals surface area contributed by atoms with E-state index in [0.717, 1.165) is 23.0 Å². The van der Waals surface area contributed by atoms with E-state index < -0.39 is 78.5 Å². The minimum absolute atomic E-state index is 0.0575. The number of hydrogen-bond acceptors (Lipinski definition) is 9. The number of alkyl halides is 9. The molecule has 0 radical (unpaired) electrons. The molecule has 3 aromatic rings. The highest BCUT2D eigenvalue weighted by molar-refractivity contribution is 5.95. The number of nitrogens with zero attached hydrogens (tertiary/aromatic N) is 5. The molecule has 284 valence electrons. The molecule has 1 atom stereocenters. The normalized spacial score (nSPS) is 14.5. The van der Waals surface area contributed by atoms with Gasteiger partial charge in [0.15, 0.2) is 6.04 Å². The van der Waals surface area contributed by atoms with Crippen LogP contribution in [0.3, 0.4) is 0 Å². The number of ether oxygens (including phenoxy) is 2. The summed E-state index contributed by atoms with van der Waals surface area (Å²) in [5.41, 5.74) is -4.88. The first-order chi connectivity index (χ1) is 24.3. The number of rotatable bonds is 11. The van der Waals surface area contributed by atoms with Gasteiger partial charge in [0.1, 0.15) is 0 Å². The monoisotopic (exact) mass is 752 g/mol. The van der Waals surface area contributed by atoms with Gasteiger partial charge in [-0.1, -0.05) is 0 Å². The van der Waals surface area contributed by atoms with Crippen LogP contribution in [0.5, 0.6) is 0 Å². The number of anilines is 3. The fraction of sp³-hybridized carbons (Fsp3) is 0.438. The topological polar surface area (TPSA) is 120 Å². The Labute approximate surface area is 290 Å². The van der Waals surface area contributed by atoms with Crippen LogP contribution >= 0.6 is 0 Å². The van der Waals surface area contributed by atoms with E-state index in [9.17, 15) is 54.2 Å². The average molecular weight is 753 g/mol. The van der Waals surface area contributed by atoms with Crippen molar-refractivity contribution in [3.63, 3.8) is 0 Å². The Morgan fingerprint density at radius 3 is 1.98 bits per heavy atom. The number of halogens is 9. The van der Waals surface area contributed by atoms with Crippen molar-refractivity contribution in [1.29, 1.82) is 0 Å². The predicted molar refractivity (Wildman–Crippen MR) is 167 cm³/mol. The number of urea groups is 1. The number of morpholine rings is 1. The van der Waals surface area contributed by atoms with E-state index in [4.69, 9.17) is 4.74 Å². The van der Waals surface area contributed by atoms with Gasteiger partial charge >= 0.3 is 30.5 Å². The lowest BCUT2D eigenvalue weighted by Crippen LogP contribution is -2.50. The van der Waals surface area contributed by atoms with E-state index in [-0.39, 0.29) is 29.8 Å². The van der Waals surface area contributed by atoms with Gasteiger partial charge in [-0.3, -0.25) is 4.90 Å². The molecule has 1 saturated heterocycles. The molecule has 1 aromatic heterocycles. The second-order valence-corrected chi connectivity index (χ2v) is 11.4. The van der Waals surface area contributed by atoms with Crippen LogP contribution in [0.15, 0.2) is 48.8 Å². The van der Waals surface area contributed by atoms with Gasteiger partial charge in [-0.05, 0) is 54.4 Å². The maximum atomic E-state index is 14.0. The van der Waals surface area contributed by atoms with Crippen molar-refractivity contribution >= 4 is 29.3 Å². The molecule has 0 saturated carbocycles. The third-order valence-corrected chi connectivity index (χ3v) is 7.89. The van der Waals surface area contributed by atoms with Gasteiger partial charge in [-0.15, -0.1) is 0 Å². The summed E-state index contributed by atoms with van der Waals surface area (Å²) in [7, 11) is 0.995. The average Bonchev–Trinajstić information content (AvgIpc) is 3.10. The van der Waals surface area contributed by atoms with Crippen molar-refractivity contribution in [1.82, 2.24) is 15.3 Å². The summed E-state index contributed by atoms with van der Waals surface area (Å²) in [4.78, 5) is 37.7. The van der Waals surface area contributed by atoms with Crippen LogP contribution in [0.4, 0.5) is 61.6 Å². The first-order valence-corrected chi connectivity index (χ1v) is 15.5. The Kier molecular flexibility index (Phi) is 12.5. The summed E-state index contributed by atoms with van der Waals surface area (Å²) in [6.45, 7) is 0.631. The zero-order chi connectivity index (χ0) is 38.4. The number of methoxy groups -OCH3 is 1. The summed E-state index contributed by atoms with van der Waals surface area (Å²) in [5.74, 6) is -1.30. The zero-order valence-electron chi connectivity index (χ0n) is 27.6. The molecule has 2 heterocycles. The molecule has 0 spiro atoms. The highest BCUT2D eigenvalue weighted by Crippen LogP contribution is 2.38. The number of hydrogen-bond donors (Lipinski definition) is 2. The lowest BCUT2D eigenvalue weighted by atomic mass is 10.0. The number of benzene rings is 2. The van der Waals surface area contributed by atoms with Crippen molar-refractivity contribution in [2.24, 2.45) is 0 Å². The van der Waals surface area contributed by atoms with Gasteiger partial charge in [0.2, 0.25) is 5.95 Å². The highest BCUT2D eigenvalue weighted by Gasteiger charge is 2.38. The van der Waals surface area contributed by atoms with Crippen molar-refractivity contribution < 1.29 is 63.7 Å². The first kappa shape index (κ1) is 39.9. The molecule has 4 rings (SSSR count). The van der Waals surface area contributed by atoms with Crippen LogP contribution in [-0.4, -0.2) is 79.7 Å². The van der Waals surface area contributed by atoms with Crippen LogP contribution in [0.25, 0.3) is 0 Å². The van der Waals surface area contributed by atoms with E-state index in [2.05, 4.69) is 20.0 Å². The van der Waals surface area contributed by atoms with Gasteiger partial charge in [-0.2, -0.15) is 39.5 Å². The molecular weight excluding hydrogens is 719 g/mol. The van der Waals surface area contributed by atoms with Crippen LogP contribution in [0.2, 0.25) is 0 Å². The molecule has 0 unspecified atom stereocenters. The van der Waals surface area contributed by atoms with Gasteiger partial charge in [0.05, 0.1) is 67.4 Å². The molecule has 2 N–H and O–H groups in total. The standard InChI is InChI=1S/C32H33F9N6O5/c1-3-47(29(50)44-25(18-48)27(49)51-2)26-5-4-21(30(33,34)35)12-20(26)17-46(28-42-14-24(15-43-28)45-6-8-52-9-7-45)16-19-10-22(31(36,37)38)13-23(11-19)32(39,40)41/h4-5,10-15,25,48H,3,6-9,16-18H2,1-2H3,(H,44,50)/t25-/m0/s1. The molecule has 0 bridgehead atoms. The molecule has 11 nitrogen and oxygen atoms in total. The van der Waals surface area contributed by atoms with E-state index in [1.54, 1.807) is 0 Å². The van der Waals surface area contributed by atoms with Gasteiger partial charge < -0.3 is 29.7 Å². The van der Waals surface area contributed by atoms with Crippen molar-refractivity contribution in [2.45, 2.75) is 44.6 Å². The van der Waals surface area contributed by atoms with Crippen LogP contribution < -0.4 is 20.0 Å². The number of aliphatic hydroxyl groups excluding tert-OH is 1. The molecule has 2 aromatic carbocycles. The molecule has 1 aliphatic heterocycles. The number of aromatic nitrogens is 2. The lowest BCUT2D eigenvalue weighted by molar-refractivity contribution is -0.144. The summed E-state index contributed by atoms with van der Waals surface area (Å²) < 4.78 is 134. The summed E-state index contributed by atoms with van der Waals surface area (Å²) >= 11 is 0. The van der Waals surface area contributed by atoms with E-state index in [1.165, 1.54) is 19.3 Å². The smallest absolute Gasteiger partial charge is 0.416 e. The molecular formula is C32H33F9N6O5. The van der Waals surface area contributed by atoms with Gasteiger partial charge in [0.25, 0.3) is 0 Å². The predicted octanol–water partition coefficient (Wildman–Crippen LogP) is 5.65. The third kappa shape index (κ3) is 9.93. The Hall–Kier alpha value is -4.85. The Morgan fingerprint density at radius 2 is 1.48 bits per heavy atom.